The van der Waals surface area contributed by atoms with Crippen LogP contribution in [0.1, 0.15) is 54.4 Å². The molecule has 0 bridgehead atoms. The number of thiol groups is 1. The average molecular weight is 218 g/mol. The van der Waals surface area contributed by atoms with Crippen molar-refractivity contribution in [1.29, 1.82) is 0 Å². The van der Waals surface area contributed by atoms with Crippen LogP contribution in [0.25, 0.3) is 0 Å². The molecule has 0 spiro atoms. The van der Waals surface area contributed by atoms with Gasteiger partial charge in [0.25, 0.3) is 0 Å². The van der Waals surface area contributed by atoms with Crippen LogP contribution in [0.3, 0.4) is 0 Å². The molecule has 0 aromatic rings. The summed E-state index contributed by atoms with van der Waals surface area (Å²) in [5.41, 5.74) is 0.444. The predicted molar refractivity (Wildman–Crippen MR) is 66.9 cm³/mol. The summed E-state index contributed by atoms with van der Waals surface area (Å²) in [7, 11) is 0. The molecule has 0 heterocycles. The quantitative estimate of drug-likeness (QED) is 0.692. The van der Waals surface area contributed by atoms with Gasteiger partial charge in [0.1, 0.15) is 0 Å². The van der Waals surface area contributed by atoms with Crippen LogP contribution < -0.4 is 0 Å². The normalized spacial score (nSPS) is 18.0. The molecule has 0 aromatic carbocycles. The molecule has 0 saturated heterocycles. The molecule has 14 heavy (non-hydrogen) atoms. The Balaban J connectivity index is 4.59. The van der Waals surface area contributed by atoms with Crippen LogP contribution in [0.2, 0.25) is 0 Å². The highest BCUT2D eigenvalue weighted by Crippen LogP contribution is 2.46. The van der Waals surface area contributed by atoms with E-state index >= 15 is 0 Å². The number of hydrogen-bond donors (Lipinski definition) is 2. The van der Waals surface area contributed by atoms with Gasteiger partial charge in [-0.05, 0) is 23.7 Å². The van der Waals surface area contributed by atoms with Crippen LogP contribution in [-0.2, 0) is 0 Å². The summed E-state index contributed by atoms with van der Waals surface area (Å²) < 4.78 is -0.102. The molecule has 2 heteroatoms. The molecule has 0 amide bonds. The van der Waals surface area contributed by atoms with Crippen molar-refractivity contribution in [2.45, 2.75) is 59.1 Å². The van der Waals surface area contributed by atoms with Crippen LogP contribution in [0.5, 0.6) is 0 Å². The van der Waals surface area contributed by atoms with Crippen molar-refractivity contribution in [3.05, 3.63) is 0 Å². The number of aliphatic hydroxyl groups is 1. The fourth-order valence-corrected chi connectivity index (χ4v) is 2.25. The van der Waals surface area contributed by atoms with Crippen LogP contribution in [-0.4, -0.2) is 16.5 Å². The maximum atomic E-state index is 9.01. The molecule has 86 valence electrons. The van der Waals surface area contributed by atoms with E-state index in [1.54, 1.807) is 0 Å². The number of aliphatic hydroxyl groups excluding tert-OH is 1. The fourth-order valence-electron chi connectivity index (χ4n) is 2.07. The van der Waals surface area contributed by atoms with E-state index in [-0.39, 0.29) is 16.8 Å². The molecule has 0 radical (unpaired) electrons. The van der Waals surface area contributed by atoms with Gasteiger partial charge in [-0.1, -0.05) is 41.5 Å². The first kappa shape index (κ1) is 14.3. The lowest BCUT2D eigenvalue weighted by atomic mass is 9.68. The highest BCUT2D eigenvalue weighted by atomic mass is 32.1. The van der Waals surface area contributed by atoms with Gasteiger partial charge >= 0.3 is 0 Å². The topological polar surface area (TPSA) is 20.2 Å². The van der Waals surface area contributed by atoms with Gasteiger partial charge in [0.2, 0.25) is 0 Å². The van der Waals surface area contributed by atoms with E-state index in [9.17, 15) is 0 Å². The van der Waals surface area contributed by atoms with Crippen molar-refractivity contribution in [2.75, 3.05) is 6.61 Å². The second-order valence-corrected chi connectivity index (χ2v) is 7.36. The zero-order chi connectivity index (χ0) is 11.6. The van der Waals surface area contributed by atoms with E-state index in [0.29, 0.717) is 5.41 Å². The summed E-state index contributed by atoms with van der Waals surface area (Å²) in [6.07, 6.45) is 1.86. The molecule has 1 nitrogen and oxygen atoms in total. The number of rotatable bonds is 4. The van der Waals surface area contributed by atoms with E-state index in [1.165, 1.54) is 0 Å². The van der Waals surface area contributed by atoms with E-state index in [2.05, 4.69) is 41.5 Å². The molecule has 1 N–H and O–H groups in total. The highest BCUT2D eigenvalue weighted by molar-refractivity contribution is 7.81. The third-order valence-electron chi connectivity index (χ3n) is 3.03. The van der Waals surface area contributed by atoms with Gasteiger partial charge in [0.05, 0.1) is 0 Å². The lowest BCUT2D eigenvalue weighted by Gasteiger charge is -2.44. The Bertz CT molecular complexity index is 177. The summed E-state index contributed by atoms with van der Waals surface area (Å²) in [6.45, 7) is 13.6. The minimum absolute atomic E-state index is 0.102. The van der Waals surface area contributed by atoms with Crippen LogP contribution in [0.4, 0.5) is 0 Å². The standard InChI is InChI=1S/C12H26OS/c1-10(2,3)9-11(4,5)12(6,14)7-8-13/h13-14H,7-9H2,1-6H3. The zero-order valence-electron chi connectivity index (χ0n) is 10.5. The largest absolute Gasteiger partial charge is 0.396 e. The van der Waals surface area contributed by atoms with Crippen molar-refractivity contribution >= 4 is 12.6 Å². The Morgan fingerprint density at radius 1 is 1.00 bits per heavy atom. The third-order valence-corrected chi connectivity index (χ3v) is 3.86. The van der Waals surface area contributed by atoms with Gasteiger partial charge in [-0.25, -0.2) is 0 Å². The summed E-state index contributed by atoms with van der Waals surface area (Å²) in [4.78, 5) is 0. The van der Waals surface area contributed by atoms with Crippen molar-refractivity contribution in [1.82, 2.24) is 0 Å². The SMILES string of the molecule is CC(C)(C)CC(C)(C)C(C)(S)CCO. The Kier molecular flexibility index (Phi) is 4.54. The zero-order valence-corrected chi connectivity index (χ0v) is 11.4. The van der Waals surface area contributed by atoms with Crippen LogP contribution >= 0.6 is 12.6 Å². The fraction of sp³-hybridized carbons (Fsp3) is 1.00. The molecular weight excluding hydrogens is 192 g/mol. The van der Waals surface area contributed by atoms with Gasteiger partial charge in [0.15, 0.2) is 0 Å². The summed E-state index contributed by atoms with van der Waals surface area (Å²) in [6, 6.07) is 0. The summed E-state index contributed by atoms with van der Waals surface area (Å²) in [5, 5.41) is 9.01. The lowest BCUT2D eigenvalue weighted by Crippen LogP contribution is -2.40. The Morgan fingerprint density at radius 3 is 1.71 bits per heavy atom. The van der Waals surface area contributed by atoms with Crippen LogP contribution in [0, 0.1) is 10.8 Å². The molecule has 0 fully saturated rings. The maximum absolute atomic E-state index is 9.01. The van der Waals surface area contributed by atoms with E-state index in [0.717, 1.165) is 12.8 Å². The van der Waals surface area contributed by atoms with E-state index in [4.69, 9.17) is 17.7 Å². The van der Waals surface area contributed by atoms with Gasteiger partial charge in [0, 0.05) is 11.4 Å². The minimum atomic E-state index is -0.102. The molecule has 0 aliphatic carbocycles. The molecule has 1 unspecified atom stereocenters. The van der Waals surface area contributed by atoms with Gasteiger partial charge in [-0.2, -0.15) is 12.6 Å². The first-order valence-corrected chi connectivity index (χ1v) is 5.80. The summed E-state index contributed by atoms with van der Waals surface area (Å²) >= 11 is 4.70. The molecule has 0 aliphatic heterocycles. The van der Waals surface area contributed by atoms with Gasteiger partial charge in [-0.15, -0.1) is 0 Å². The van der Waals surface area contributed by atoms with Crippen molar-refractivity contribution in [3.8, 4) is 0 Å². The Hall–Kier alpha value is 0.310. The predicted octanol–water partition coefficient (Wildman–Crippen LogP) is 3.52. The van der Waals surface area contributed by atoms with Crippen molar-refractivity contribution in [3.63, 3.8) is 0 Å². The minimum Gasteiger partial charge on any atom is -0.396 e. The van der Waals surface area contributed by atoms with E-state index < -0.39 is 0 Å². The lowest BCUT2D eigenvalue weighted by molar-refractivity contribution is 0.139. The highest BCUT2D eigenvalue weighted by Gasteiger charge is 2.39. The Morgan fingerprint density at radius 2 is 1.43 bits per heavy atom. The monoisotopic (exact) mass is 218 g/mol. The molecule has 0 rings (SSSR count). The van der Waals surface area contributed by atoms with Crippen molar-refractivity contribution in [2.24, 2.45) is 10.8 Å². The maximum Gasteiger partial charge on any atom is 0.0444 e. The average Bonchev–Trinajstić information content (AvgIpc) is 1.79. The first-order chi connectivity index (χ1) is 6.02. The molecule has 0 aromatic heterocycles. The molecule has 0 aliphatic rings. The summed E-state index contributed by atoms with van der Waals surface area (Å²) in [5.74, 6) is 0. The number of hydrogen-bond acceptors (Lipinski definition) is 2. The second-order valence-electron chi connectivity index (χ2n) is 6.37. The molecule has 1 atom stereocenters. The van der Waals surface area contributed by atoms with Crippen molar-refractivity contribution < 1.29 is 5.11 Å². The molecule has 0 saturated carbocycles. The smallest absolute Gasteiger partial charge is 0.0444 e. The second kappa shape index (κ2) is 4.44. The first-order valence-electron chi connectivity index (χ1n) is 5.35. The Labute approximate surface area is 94.7 Å². The van der Waals surface area contributed by atoms with Crippen LogP contribution in [0.15, 0.2) is 0 Å². The van der Waals surface area contributed by atoms with E-state index in [1.807, 2.05) is 0 Å². The van der Waals surface area contributed by atoms with Gasteiger partial charge < -0.3 is 5.11 Å². The van der Waals surface area contributed by atoms with Gasteiger partial charge in [-0.3, -0.25) is 0 Å². The molecular formula is C12H26OS. The third kappa shape index (κ3) is 4.22.